The molecule has 8 heteroatoms. The predicted molar refractivity (Wildman–Crippen MR) is 99.9 cm³/mol. The van der Waals surface area contributed by atoms with Crippen molar-refractivity contribution in [1.29, 1.82) is 0 Å². The SMILES string of the molecule is CN=C(NCC(C)Cn1cccn1)N1CCN(C(=O)C2CCCO2)CC1. The third-order valence-corrected chi connectivity index (χ3v) is 4.97. The van der Waals surface area contributed by atoms with E-state index in [1.807, 2.05) is 28.9 Å². The van der Waals surface area contributed by atoms with Crippen LogP contribution in [-0.2, 0) is 16.1 Å². The van der Waals surface area contributed by atoms with Crippen LogP contribution in [0, 0.1) is 5.92 Å². The van der Waals surface area contributed by atoms with Crippen LogP contribution in [0.2, 0.25) is 0 Å². The van der Waals surface area contributed by atoms with Crippen molar-refractivity contribution in [1.82, 2.24) is 24.9 Å². The number of carbonyl (C=O) groups excluding carboxylic acids is 1. The van der Waals surface area contributed by atoms with E-state index in [4.69, 9.17) is 4.74 Å². The van der Waals surface area contributed by atoms with Gasteiger partial charge < -0.3 is 19.9 Å². The normalized spacial score (nSPS) is 22.5. The lowest BCUT2D eigenvalue weighted by Gasteiger charge is -2.37. The average molecular weight is 362 g/mol. The molecule has 2 fully saturated rings. The highest BCUT2D eigenvalue weighted by atomic mass is 16.5. The Bertz CT molecular complexity index is 589. The minimum absolute atomic E-state index is 0.151. The van der Waals surface area contributed by atoms with Crippen molar-refractivity contribution in [2.75, 3.05) is 46.4 Å². The first-order valence-corrected chi connectivity index (χ1v) is 9.51. The average Bonchev–Trinajstić information content (AvgIpc) is 3.36. The number of nitrogens with one attached hydrogen (secondary N) is 1. The molecular weight excluding hydrogens is 332 g/mol. The molecule has 0 bridgehead atoms. The number of ether oxygens (including phenoxy) is 1. The Morgan fingerprint density at radius 3 is 2.73 bits per heavy atom. The molecule has 2 saturated heterocycles. The van der Waals surface area contributed by atoms with Gasteiger partial charge in [-0.05, 0) is 24.8 Å². The van der Waals surface area contributed by atoms with Gasteiger partial charge in [0.05, 0.1) is 0 Å². The summed E-state index contributed by atoms with van der Waals surface area (Å²) < 4.78 is 7.47. The van der Waals surface area contributed by atoms with E-state index in [0.717, 1.165) is 58.1 Å². The molecular formula is C18H30N6O2. The van der Waals surface area contributed by atoms with Gasteiger partial charge in [0.25, 0.3) is 5.91 Å². The molecule has 3 heterocycles. The number of hydrogen-bond acceptors (Lipinski definition) is 4. The molecule has 3 rings (SSSR count). The maximum Gasteiger partial charge on any atom is 0.251 e. The van der Waals surface area contributed by atoms with Crippen LogP contribution < -0.4 is 5.32 Å². The zero-order valence-corrected chi connectivity index (χ0v) is 15.8. The van der Waals surface area contributed by atoms with Crippen molar-refractivity contribution in [2.45, 2.75) is 32.4 Å². The lowest BCUT2D eigenvalue weighted by Crippen LogP contribution is -2.55. The van der Waals surface area contributed by atoms with Gasteiger partial charge in [-0.3, -0.25) is 14.5 Å². The van der Waals surface area contributed by atoms with E-state index in [1.54, 1.807) is 6.20 Å². The molecule has 0 saturated carbocycles. The van der Waals surface area contributed by atoms with Crippen LogP contribution in [0.3, 0.4) is 0 Å². The second kappa shape index (κ2) is 9.02. The van der Waals surface area contributed by atoms with Gasteiger partial charge in [0.1, 0.15) is 6.10 Å². The Labute approximate surface area is 155 Å². The van der Waals surface area contributed by atoms with Gasteiger partial charge in [-0.25, -0.2) is 0 Å². The molecule has 1 amide bonds. The molecule has 0 aliphatic carbocycles. The van der Waals surface area contributed by atoms with Crippen molar-refractivity contribution < 1.29 is 9.53 Å². The number of nitrogens with zero attached hydrogens (tertiary/aromatic N) is 5. The van der Waals surface area contributed by atoms with Crippen molar-refractivity contribution in [3.05, 3.63) is 18.5 Å². The standard InChI is InChI=1S/C18H30N6O2/c1-15(14-24-7-4-6-21-24)13-20-18(19-2)23-10-8-22(9-11-23)17(25)16-5-3-12-26-16/h4,6-7,15-16H,3,5,8-14H2,1-2H3,(H,19,20). The van der Waals surface area contributed by atoms with Crippen LogP contribution in [0.4, 0.5) is 0 Å². The Kier molecular flexibility index (Phi) is 6.49. The molecule has 144 valence electrons. The zero-order chi connectivity index (χ0) is 18.4. The highest BCUT2D eigenvalue weighted by Gasteiger charge is 2.30. The Morgan fingerprint density at radius 2 is 2.12 bits per heavy atom. The monoisotopic (exact) mass is 362 g/mol. The molecule has 26 heavy (non-hydrogen) atoms. The van der Waals surface area contributed by atoms with Gasteiger partial charge in [-0.2, -0.15) is 5.10 Å². The first-order valence-electron chi connectivity index (χ1n) is 9.51. The van der Waals surface area contributed by atoms with E-state index < -0.39 is 0 Å². The lowest BCUT2D eigenvalue weighted by molar-refractivity contribution is -0.142. The molecule has 2 unspecified atom stereocenters. The summed E-state index contributed by atoms with van der Waals surface area (Å²) in [6.07, 6.45) is 5.41. The zero-order valence-electron chi connectivity index (χ0n) is 15.8. The summed E-state index contributed by atoms with van der Waals surface area (Å²) in [6.45, 7) is 7.66. The van der Waals surface area contributed by atoms with Gasteiger partial charge in [0, 0.05) is 65.3 Å². The van der Waals surface area contributed by atoms with E-state index in [2.05, 4.69) is 27.2 Å². The maximum absolute atomic E-state index is 12.4. The van der Waals surface area contributed by atoms with Crippen molar-refractivity contribution in [3.63, 3.8) is 0 Å². The second-order valence-corrected chi connectivity index (χ2v) is 7.08. The number of guanidine groups is 1. The third-order valence-electron chi connectivity index (χ3n) is 4.97. The summed E-state index contributed by atoms with van der Waals surface area (Å²) in [4.78, 5) is 21.0. The molecule has 1 N–H and O–H groups in total. The largest absolute Gasteiger partial charge is 0.368 e. The number of aromatic nitrogens is 2. The summed E-state index contributed by atoms with van der Waals surface area (Å²) in [5.41, 5.74) is 0. The van der Waals surface area contributed by atoms with Gasteiger partial charge >= 0.3 is 0 Å². The molecule has 1 aromatic heterocycles. The third kappa shape index (κ3) is 4.75. The Hall–Kier alpha value is -2.09. The fourth-order valence-electron chi connectivity index (χ4n) is 3.50. The molecule has 0 aromatic carbocycles. The smallest absolute Gasteiger partial charge is 0.251 e. The van der Waals surface area contributed by atoms with Crippen LogP contribution in [-0.4, -0.2) is 83.9 Å². The van der Waals surface area contributed by atoms with Crippen molar-refractivity contribution in [2.24, 2.45) is 10.9 Å². The van der Waals surface area contributed by atoms with Gasteiger partial charge in [0.15, 0.2) is 5.96 Å². The molecule has 8 nitrogen and oxygen atoms in total. The molecule has 2 atom stereocenters. The number of piperazine rings is 1. The number of carbonyl (C=O) groups is 1. The second-order valence-electron chi connectivity index (χ2n) is 7.08. The van der Waals surface area contributed by atoms with E-state index in [0.29, 0.717) is 12.5 Å². The van der Waals surface area contributed by atoms with E-state index in [1.165, 1.54) is 0 Å². The summed E-state index contributed by atoms with van der Waals surface area (Å²) in [5.74, 6) is 1.49. The van der Waals surface area contributed by atoms with Crippen molar-refractivity contribution in [3.8, 4) is 0 Å². The summed E-state index contributed by atoms with van der Waals surface area (Å²) in [5, 5.41) is 7.71. The first-order chi connectivity index (χ1) is 12.7. The summed E-state index contributed by atoms with van der Waals surface area (Å²) in [6, 6.07) is 1.94. The van der Waals surface area contributed by atoms with Crippen LogP contribution >= 0.6 is 0 Å². The molecule has 2 aliphatic heterocycles. The molecule has 0 spiro atoms. The molecule has 2 aliphatic rings. The quantitative estimate of drug-likeness (QED) is 0.607. The van der Waals surface area contributed by atoms with Crippen LogP contribution in [0.15, 0.2) is 23.5 Å². The van der Waals surface area contributed by atoms with Crippen molar-refractivity contribution >= 4 is 11.9 Å². The highest BCUT2D eigenvalue weighted by Crippen LogP contribution is 2.16. The predicted octanol–water partition coefficient (Wildman–Crippen LogP) is 0.418. The summed E-state index contributed by atoms with van der Waals surface area (Å²) >= 11 is 0. The maximum atomic E-state index is 12.4. The minimum atomic E-state index is -0.220. The Balaban J connectivity index is 1.42. The minimum Gasteiger partial charge on any atom is -0.368 e. The Morgan fingerprint density at radius 1 is 1.35 bits per heavy atom. The summed E-state index contributed by atoms with van der Waals surface area (Å²) in [7, 11) is 1.81. The van der Waals surface area contributed by atoms with E-state index in [-0.39, 0.29) is 12.0 Å². The lowest BCUT2D eigenvalue weighted by atomic mass is 10.2. The van der Waals surface area contributed by atoms with Crippen LogP contribution in [0.5, 0.6) is 0 Å². The fourth-order valence-corrected chi connectivity index (χ4v) is 3.50. The van der Waals surface area contributed by atoms with Gasteiger partial charge in [-0.15, -0.1) is 0 Å². The van der Waals surface area contributed by atoms with Gasteiger partial charge in [0.2, 0.25) is 0 Å². The highest BCUT2D eigenvalue weighted by molar-refractivity contribution is 5.82. The number of hydrogen-bond donors (Lipinski definition) is 1. The topological polar surface area (TPSA) is 75.0 Å². The van der Waals surface area contributed by atoms with Gasteiger partial charge in [-0.1, -0.05) is 6.92 Å². The number of aliphatic imine (C=N–C) groups is 1. The van der Waals surface area contributed by atoms with Crippen LogP contribution in [0.25, 0.3) is 0 Å². The fraction of sp³-hybridized carbons (Fsp3) is 0.722. The molecule has 1 aromatic rings. The van der Waals surface area contributed by atoms with E-state index in [9.17, 15) is 4.79 Å². The van der Waals surface area contributed by atoms with E-state index >= 15 is 0 Å². The number of rotatable bonds is 5. The first kappa shape index (κ1) is 18.7. The van der Waals surface area contributed by atoms with Crippen LogP contribution in [0.1, 0.15) is 19.8 Å². The molecule has 0 radical (unpaired) electrons. The number of amides is 1.